The number of hydrogen-bond acceptors (Lipinski definition) is 4. The van der Waals surface area contributed by atoms with Crippen LogP contribution in [0, 0.1) is 20.8 Å². The minimum atomic E-state index is -0.0797. The molecule has 1 saturated heterocycles. The Balaban J connectivity index is 2.03. The molecule has 122 valence electrons. The van der Waals surface area contributed by atoms with E-state index in [0.29, 0.717) is 19.7 Å². The van der Waals surface area contributed by atoms with Crippen LogP contribution in [0.4, 0.5) is 10.5 Å². The number of hydrogen-bond donors (Lipinski definition) is 1. The molecule has 1 aliphatic rings. The monoisotopic (exact) mass is 306 g/mol. The number of nitrogens with zero attached hydrogens (tertiary/aromatic N) is 3. The first kappa shape index (κ1) is 16.7. The van der Waals surface area contributed by atoms with Gasteiger partial charge in [-0.25, -0.2) is 4.79 Å². The van der Waals surface area contributed by atoms with Crippen molar-refractivity contribution in [1.82, 2.24) is 14.8 Å². The quantitative estimate of drug-likeness (QED) is 0.925. The smallest absolute Gasteiger partial charge is 0.322 e. The summed E-state index contributed by atoms with van der Waals surface area (Å²) in [5.41, 5.74) is 3.66. The maximum absolute atomic E-state index is 12.5. The normalized spacial score (nSPS) is 18.6. The van der Waals surface area contributed by atoms with E-state index in [0.717, 1.165) is 29.2 Å². The summed E-state index contributed by atoms with van der Waals surface area (Å²) >= 11 is 0. The Morgan fingerprint density at radius 2 is 2.18 bits per heavy atom. The van der Waals surface area contributed by atoms with Gasteiger partial charge in [0.05, 0.1) is 24.1 Å². The van der Waals surface area contributed by atoms with Gasteiger partial charge in [-0.2, -0.15) is 0 Å². The molecule has 6 heteroatoms. The summed E-state index contributed by atoms with van der Waals surface area (Å²) in [6.45, 7) is 8.49. The van der Waals surface area contributed by atoms with Gasteiger partial charge < -0.3 is 19.9 Å². The molecule has 1 unspecified atom stereocenters. The summed E-state index contributed by atoms with van der Waals surface area (Å²) < 4.78 is 5.71. The second kappa shape index (κ2) is 7.07. The summed E-state index contributed by atoms with van der Waals surface area (Å²) in [5.74, 6) is 0. The number of amides is 2. The van der Waals surface area contributed by atoms with Gasteiger partial charge >= 0.3 is 6.03 Å². The highest BCUT2D eigenvalue weighted by Crippen LogP contribution is 2.20. The van der Waals surface area contributed by atoms with E-state index in [1.807, 2.05) is 45.8 Å². The molecule has 22 heavy (non-hydrogen) atoms. The van der Waals surface area contributed by atoms with Gasteiger partial charge in [-0.05, 0) is 46.5 Å². The molecule has 0 aromatic carbocycles. The zero-order valence-electron chi connectivity index (χ0n) is 14.1. The number of morpholine rings is 1. The molecule has 0 saturated carbocycles. The van der Waals surface area contributed by atoms with Crippen molar-refractivity contribution in [3.05, 3.63) is 23.0 Å². The zero-order valence-corrected chi connectivity index (χ0v) is 14.1. The van der Waals surface area contributed by atoms with Crippen LogP contribution in [0.3, 0.4) is 0 Å². The predicted octanol–water partition coefficient (Wildman–Crippen LogP) is 1.80. The molecule has 2 heterocycles. The average Bonchev–Trinajstić information content (AvgIpc) is 2.42. The lowest BCUT2D eigenvalue weighted by molar-refractivity contribution is -0.0229. The number of anilines is 1. The van der Waals surface area contributed by atoms with Gasteiger partial charge in [-0.3, -0.25) is 4.98 Å². The van der Waals surface area contributed by atoms with Crippen LogP contribution in [0.25, 0.3) is 0 Å². The van der Waals surface area contributed by atoms with Crippen molar-refractivity contribution >= 4 is 11.7 Å². The van der Waals surface area contributed by atoms with E-state index in [-0.39, 0.29) is 12.1 Å². The summed E-state index contributed by atoms with van der Waals surface area (Å²) in [6.07, 6.45) is 0.0628. The van der Waals surface area contributed by atoms with Crippen molar-refractivity contribution < 1.29 is 9.53 Å². The van der Waals surface area contributed by atoms with Crippen molar-refractivity contribution in [1.29, 1.82) is 0 Å². The third-order valence-electron chi connectivity index (χ3n) is 3.75. The first-order valence-electron chi connectivity index (χ1n) is 7.64. The summed E-state index contributed by atoms with van der Waals surface area (Å²) in [7, 11) is 4.01. The number of aromatic nitrogens is 1. The van der Waals surface area contributed by atoms with Crippen molar-refractivity contribution in [2.24, 2.45) is 0 Å². The number of likely N-dealkylation sites (N-methyl/N-ethyl adjacent to an activating group) is 1. The maximum atomic E-state index is 12.5. The van der Waals surface area contributed by atoms with Gasteiger partial charge in [0.1, 0.15) is 0 Å². The predicted molar refractivity (Wildman–Crippen MR) is 87.3 cm³/mol. The first-order valence-corrected chi connectivity index (χ1v) is 7.64. The molecule has 2 amide bonds. The Bertz CT molecular complexity index is 522. The third-order valence-corrected chi connectivity index (χ3v) is 3.75. The van der Waals surface area contributed by atoms with E-state index < -0.39 is 0 Å². The highest BCUT2D eigenvalue weighted by Gasteiger charge is 2.25. The molecule has 2 rings (SSSR count). The van der Waals surface area contributed by atoms with Crippen LogP contribution in [0.1, 0.15) is 17.0 Å². The van der Waals surface area contributed by atoms with E-state index in [2.05, 4.69) is 15.2 Å². The average molecular weight is 306 g/mol. The largest absolute Gasteiger partial charge is 0.373 e. The second-order valence-corrected chi connectivity index (χ2v) is 6.17. The number of rotatable bonds is 3. The van der Waals surface area contributed by atoms with Crippen molar-refractivity contribution in [2.45, 2.75) is 26.9 Å². The number of urea groups is 1. The van der Waals surface area contributed by atoms with Crippen LogP contribution >= 0.6 is 0 Å². The summed E-state index contributed by atoms with van der Waals surface area (Å²) in [6, 6.07) is 1.90. The van der Waals surface area contributed by atoms with Crippen molar-refractivity contribution in [3.8, 4) is 0 Å². The van der Waals surface area contributed by atoms with Gasteiger partial charge in [0.15, 0.2) is 0 Å². The molecular formula is C16H26N4O2. The molecular weight excluding hydrogens is 280 g/mol. The minimum absolute atomic E-state index is 0.0628. The van der Waals surface area contributed by atoms with Gasteiger partial charge in [0.25, 0.3) is 0 Å². The standard InChI is InChI=1S/C16H26N4O2/c1-11-8-12(2)17-13(3)15(11)18-16(21)20-6-7-22-14(10-20)9-19(4)5/h8,14H,6-7,9-10H2,1-5H3,(H,18,21). The zero-order chi connectivity index (χ0) is 16.3. The maximum Gasteiger partial charge on any atom is 0.322 e. The number of carbonyl (C=O) groups excluding carboxylic acids is 1. The molecule has 1 N–H and O–H groups in total. The fourth-order valence-corrected chi connectivity index (χ4v) is 2.82. The topological polar surface area (TPSA) is 57.7 Å². The fraction of sp³-hybridized carbons (Fsp3) is 0.625. The summed E-state index contributed by atoms with van der Waals surface area (Å²) in [5, 5.41) is 3.00. The van der Waals surface area contributed by atoms with Crippen molar-refractivity contribution in [2.75, 3.05) is 45.7 Å². The lowest BCUT2D eigenvalue weighted by atomic mass is 10.1. The van der Waals surface area contributed by atoms with E-state index in [9.17, 15) is 4.79 Å². The van der Waals surface area contributed by atoms with Crippen LogP contribution in [0.2, 0.25) is 0 Å². The fourth-order valence-electron chi connectivity index (χ4n) is 2.82. The lowest BCUT2D eigenvalue weighted by Gasteiger charge is -2.34. The molecule has 1 aromatic heterocycles. The van der Waals surface area contributed by atoms with Crippen LogP contribution in [0.15, 0.2) is 6.07 Å². The third kappa shape index (κ3) is 4.18. The number of pyridine rings is 1. The van der Waals surface area contributed by atoms with Gasteiger partial charge in [0, 0.05) is 25.3 Å². The highest BCUT2D eigenvalue weighted by atomic mass is 16.5. The Morgan fingerprint density at radius 1 is 1.45 bits per heavy atom. The van der Waals surface area contributed by atoms with Crippen LogP contribution in [-0.2, 0) is 4.74 Å². The van der Waals surface area contributed by atoms with E-state index in [4.69, 9.17) is 4.74 Å². The number of carbonyl (C=O) groups is 1. The van der Waals surface area contributed by atoms with Crippen LogP contribution in [-0.4, -0.2) is 67.3 Å². The molecule has 6 nitrogen and oxygen atoms in total. The summed E-state index contributed by atoms with van der Waals surface area (Å²) in [4.78, 5) is 20.8. The molecule has 0 aliphatic carbocycles. The van der Waals surface area contributed by atoms with Crippen molar-refractivity contribution in [3.63, 3.8) is 0 Å². The first-order chi connectivity index (χ1) is 10.4. The number of aryl methyl sites for hydroxylation is 3. The van der Waals surface area contributed by atoms with E-state index in [1.165, 1.54) is 0 Å². The number of nitrogens with one attached hydrogen (secondary N) is 1. The molecule has 1 fully saturated rings. The van der Waals surface area contributed by atoms with E-state index >= 15 is 0 Å². The second-order valence-electron chi connectivity index (χ2n) is 6.17. The molecule has 0 bridgehead atoms. The van der Waals surface area contributed by atoms with Gasteiger partial charge in [0.2, 0.25) is 0 Å². The van der Waals surface area contributed by atoms with Crippen LogP contribution < -0.4 is 5.32 Å². The number of ether oxygens (including phenoxy) is 1. The van der Waals surface area contributed by atoms with E-state index in [1.54, 1.807) is 0 Å². The molecule has 1 aromatic rings. The molecule has 1 atom stereocenters. The van der Waals surface area contributed by atoms with Gasteiger partial charge in [-0.1, -0.05) is 0 Å². The lowest BCUT2D eigenvalue weighted by Crippen LogP contribution is -2.50. The highest BCUT2D eigenvalue weighted by molar-refractivity contribution is 5.90. The molecule has 1 aliphatic heterocycles. The van der Waals surface area contributed by atoms with Gasteiger partial charge in [-0.15, -0.1) is 0 Å². The van der Waals surface area contributed by atoms with Crippen LogP contribution in [0.5, 0.6) is 0 Å². The Kier molecular flexibility index (Phi) is 5.37. The Hall–Kier alpha value is -1.66. The minimum Gasteiger partial charge on any atom is -0.373 e. The Labute approximate surface area is 132 Å². The molecule has 0 radical (unpaired) electrons. The SMILES string of the molecule is Cc1cc(C)c(NC(=O)N2CCOC(CN(C)C)C2)c(C)n1. The molecule has 0 spiro atoms. The Morgan fingerprint density at radius 3 is 2.82 bits per heavy atom.